The van der Waals surface area contributed by atoms with Gasteiger partial charge in [-0.25, -0.2) is 8.78 Å². The molecule has 0 amide bonds. The van der Waals surface area contributed by atoms with Gasteiger partial charge in [-0.05, 0) is 30.3 Å². The van der Waals surface area contributed by atoms with Gasteiger partial charge in [-0.15, -0.1) is 0 Å². The zero-order chi connectivity index (χ0) is 15.6. The summed E-state index contributed by atoms with van der Waals surface area (Å²) in [5.41, 5.74) is -1.24. The zero-order valence-electron chi connectivity index (χ0n) is 10.3. The Bertz CT molecular complexity index is 654. The summed E-state index contributed by atoms with van der Waals surface area (Å²) < 4.78 is 69.9. The standard InChI is InChI=1S/C14H8BrF5O/c15-9-2-1-8(13(17)5-9)7-21-10-3-4-12(16)11(6-10)14(18,19)20/h1-6H,7H2. The second-order valence-electron chi connectivity index (χ2n) is 4.16. The average molecular weight is 367 g/mol. The normalized spacial score (nSPS) is 11.5. The number of hydrogen-bond donors (Lipinski definition) is 0. The van der Waals surface area contributed by atoms with Gasteiger partial charge in [0.25, 0.3) is 0 Å². The minimum absolute atomic E-state index is 0.177. The molecule has 0 saturated carbocycles. The number of rotatable bonds is 3. The molecule has 0 aliphatic rings. The molecule has 0 aromatic heterocycles. The fraction of sp³-hybridized carbons (Fsp3) is 0.143. The van der Waals surface area contributed by atoms with Gasteiger partial charge in [-0.1, -0.05) is 22.0 Å². The van der Waals surface area contributed by atoms with Crippen molar-refractivity contribution in [2.45, 2.75) is 12.8 Å². The SMILES string of the molecule is Fc1cc(Br)ccc1COc1ccc(F)c(C(F)(F)F)c1. The van der Waals surface area contributed by atoms with Crippen LogP contribution in [-0.2, 0) is 12.8 Å². The molecule has 2 aromatic carbocycles. The third-order valence-corrected chi connectivity index (χ3v) is 3.15. The highest BCUT2D eigenvalue weighted by Crippen LogP contribution is 2.33. The number of halogens is 6. The maximum atomic E-state index is 13.5. The van der Waals surface area contributed by atoms with E-state index in [4.69, 9.17) is 4.74 Å². The van der Waals surface area contributed by atoms with Crippen molar-refractivity contribution in [2.24, 2.45) is 0 Å². The van der Waals surface area contributed by atoms with E-state index in [0.29, 0.717) is 16.6 Å². The van der Waals surface area contributed by atoms with Gasteiger partial charge in [0.1, 0.15) is 24.0 Å². The molecule has 0 aliphatic heterocycles. The van der Waals surface area contributed by atoms with Crippen LogP contribution in [0, 0.1) is 11.6 Å². The fourth-order valence-corrected chi connectivity index (χ4v) is 1.94. The maximum Gasteiger partial charge on any atom is 0.419 e. The summed E-state index contributed by atoms with van der Waals surface area (Å²) in [6.45, 7) is -0.262. The number of benzene rings is 2. The van der Waals surface area contributed by atoms with Crippen molar-refractivity contribution in [3.05, 3.63) is 63.6 Å². The van der Waals surface area contributed by atoms with E-state index in [1.54, 1.807) is 6.07 Å². The van der Waals surface area contributed by atoms with Crippen LogP contribution in [0.2, 0.25) is 0 Å². The van der Waals surface area contributed by atoms with Crippen LogP contribution in [0.1, 0.15) is 11.1 Å². The molecule has 1 nitrogen and oxygen atoms in total. The van der Waals surface area contributed by atoms with Crippen LogP contribution < -0.4 is 4.74 Å². The van der Waals surface area contributed by atoms with Crippen molar-refractivity contribution >= 4 is 15.9 Å². The summed E-state index contributed by atoms with van der Waals surface area (Å²) in [5, 5.41) is 0. The van der Waals surface area contributed by atoms with Crippen LogP contribution in [0.25, 0.3) is 0 Å². The fourth-order valence-electron chi connectivity index (χ4n) is 1.61. The smallest absolute Gasteiger partial charge is 0.419 e. The molecule has 0 unspecified atom stereocenters. The monoisotopic (exact) mass is 366 g/mol. The molecular weight excluding hydrogens is 359 g/mol. The third kappa shape index (κ3) is 3.93. The van der Waals surface area contributed by atoms with Gasteiger partial charge in [0, 0.05) is 10.0 Å². The van der Waals surface area contributed by atoms with Crippen molar-refractivity contribution < 1.29 is 26.7 Å². The minimum atomic E-state index is -4.81. The molecular formula is C14H8BrF5O. The minimum Gasteiger partial charge on any atom is -0.489 e. The Kier molecular flexibility index (Phi) is 4.51. The number of hydrogen-bond acceptors (Lipinski definition) is 1. The molecule has 0 saturated heterocycles. The predicted octanol–water partition coefficient (Wildman–Crippen LogP) is 5.33. The van der Waals surface area contributed by atoms with E-state index in [2.05, 4.69) is 15.9 Å². The van der Waals surface area contributed by atoms with Gasteiger partial charge in [0.05, 0.1) is 5.56 Å². The molecule has 21 heavy (non-hydrogen) atoms. The van der Waals surface area contributed by atoms with Crippen LogP contribution in [0.5, 0.6) is 5.75 Å². The average Bonchev–Trinajstić information content (AvgIpc) is 2.38. The van der Waals surface area contributed by atoms with Crippen molar-refractivity contribution in [3.63, 3.8) is 0 Å². The summed E-state index contributed by atoms with van der Waals surface area (Å²) in [7, 11) is 0. The van der Waals surface area contributed by atoms with Crippen molar-refractivity contribution in [1.82, 2.24) is 0 Å². The van der Waals surface area contributed by atoms with Crippen molar-refractivity contribution in [1.29, 1.82) is 0 Å². The van der Waals surface area contributed by atoms with E-state index in [0.717, 1.165) is 6.07 Å². The highest BCUT2D eigenvalue weighted by atomic mass is 79.9. The van der Waals surface area contributed by atoms with Gasteiger partial charge in [-0.2, -0.15) is 13.2 Å². The lowest BCUT2D eigenvalue weighted by atomic mass is 10.2. The van der Waals surface area contributed by atoms with Crippen LogP contribution >= 0.6 is 15.9 Å². The van der Waals surface area contributed by atoms with E-state index < -0.39 is 23.4 Å². The Morgan fingerprint density at radius 2 is 1.67 bits per heavy atom. The van der Waals surface area contributed by atoms with Gasteiger partial charge in [0.2, 0.25) is 0 Å². The largest absolute Gasteiger partial charge is 0.489 e. The van der Waals surface area contributed by atoms with E-state index in [1.807, 2.05) is 0 Å². The van der Waals surface area contributed by atoms with Gasteiger partial charge >= 0.3 is 6.18 Å². The zero-order valence-corrected chi connectivity index (χ0v) is 11.9. The molecule has 0 aliphatic carbocycles. The van der Waals surface area contributed by atoms with E-state index >= 15 is 0 Å². The Hall–Kier alpha value is -1.63. The van der Waals surface area contributed by atoms with E-state index in [1.165, 1.54) is 12.1 Å². The molecule has 0 fully saturated rings. The van der Waals surface area contributed by atoms with E-state index in [9.17, 15) is 22.0 Å². The van der Waals surface area contributed by atoms with Crippen LogP contribution in [0.15, 0.2) is 40.9 Å². The number of alkyl halides is 3. The van der Waals surface area contributed by atoms with Crippen LogP contribution in [-0.4, -0.2) is 0 Å². The molecule has 7 heteroatoms. The molecule has 0 heterocycles. The highest BCUT2D eigenvalue weighted by molar-refractivity contribution is 9.10. The topological polar surface area (TPSA) is 9.23 Å². The molecule has 0 spiro atoms. The first kappa shape index (κ1) is 15.8. The van der Waals surface area contributed by atoms with E-state index in [-0.39, 0.29) is 17.9 Å². The lowest BCUT2D eigenvalue weighted by Crippen LogP contribution is -2.08. The van der Waals surface area contributed by atoms with Crippen molar-refractivity contribution in [3.8, 4) is 5.75 Å². The quantitative estimate of drug-likeness (QED) is 0.667. The summed E-state index contributed by atoms with van der Waals surface area (Å²) >= 11 is 3.08. The molecule has 0 radical (unpaired) electrons. The molecule has 2 rings (SSSR count). The Morgan fingerprint density at radius 3 is 2.29 bits per heavy atom. The molecule has 0 atom stereocenters. The van der Waals surface area contributed by atoms with Gasteiger partial charge in [-0.3, -0.25) is 0 Å². The third-order valence-electron chi connectivity index (χ3n) is 2.65. The Morgan fingerprint density at radius 1 is 0.952 bits per heavy atom. The predicted molar refractivity (Wildman–Crippen MR) is 69.8 cm³/mol. The van der Waals surface area contributed by atoms with Crippen LogP contribution in [0.3, 0.4) is 0 Å². The summed E-state index contributed by atoms with van der Waals surface area (Å²) in [5.74, 6) is -2.13. The molecule has 0 N–H and O–H groups in total. The Balaban J connectivity index is 2.17. The highest BCUT2D eigenvalue weighted by Gasteiger charge is 2.34. The summed E-state index contributed by atoms with van der Waals surface area (Å²) in [6.07, 6.45) is -4.81. The first-order chi connectivity index (χ1) is 9.77. The second kappa shape index (κ2) is 6.01. The summed E-state index contributed by atoms with van der Waals surface area (Å²) in [4.78, 5) is 0. The molecule has 2 aromatic rings. The summed E-state index contributed by atoms with van der Waals surface area (Å²) in [6, 6.07) is 6.50. The lowest BCUT2D eigenvalue weighted by Gasteiger charge is -2.11. The van der Waals surface area contributed by atoms with Gasteiger partial charge < -0.3 is 4.74 Å². The first-order valence-electron chi connectivity index (χ1n) is 5.71. The maximum absolute atomic E-state index is 13.5. The first-order valence-corrected chi connectivity index (χ1v) is 6.50. The Labute approximate surface area is 125 Å². The molecule has 112 valence electrons. The van der Waals surface area contributed by atoms with Crippen molar-refractivity contribution in [2.75, 3.05) is 0 Å². The second-order valence-corrected chi connectivity index (χ2v) is 5.08. The number of ether oxygens (including phenoxy) is 1. The lowest BCUT2D eigenvalue weighted by molar-refractivity contribution is -0.140. The molecule has 0 bridgehead atoms. The van der Waals surface area contributed by atoms with Gasteiger partial charge in [0.15, 0.2) is 0 Å². The van der Waals surface area contributed by atoms with Crippen LogP contribution in [0.4, 0.5) is 22.0 Å².